The van der Waals surface area contributed by atoms with Gasteiger partial charge >= 0.3 is 0 Å². The van der Waals surface area contributed by atoms with Crippen LogP contribution >= 0.6 is 0 Å². The summed E-state index contributed by atoms with van der Waals surface area (Å²) in [4.78, 5) is 17.6. The Bertz CT molecular complexity index is 1020. The number of likely N-dealkylation sites (N-methyl/N-ethyl adjacent to an activating group) is 1. The fraction of sp³-hybridized carbons (Fsp3) is 0.348. The molecular formula is C23H24N2O5. The number of carbonyl (C=O) groups excluding carboxylic acids is 1. The molecule has 0 bridgehead atoms. The third-order valence-electron chi connectivity index (χ3n) is 5.90. The molecule has 0 radical (unpaired) electrons. The topological polar surface area (TPSA) is 71.5 Å². The first kappa shape index (κ1) is 19.0. The van der Waals surface area contributed by atoms with Gasteiger partial charge in [0.25, 0.3) is 0 Å². The van der Waals surface area contributed by atoms with Gasteiger partial charge in [0.05, 0.1) is 11.1 Å². The van der Waals surface area contributed by atoms with Gasteiger partial charge in [-0.1, -0.05) is 13.0 Å². The summed E-state index contributed by atoms with van der Waals surface area (Å²) in [6.07, 6.45) is 1.70. The summed E-state index contributed by atoms with van der Waals surface area (Å²) < 4.78 is 16.7. The molecule has 0 aliphatic carbocycles. The normalized spacial score (nSPS) is 19.9. The molecule has 2 aromatic rings. The minimum absolute atomic E-state index is 0.156. The molecule has 0 saturated carbocycles. The summed E-state index contributed by atoms with van der Waals surface area (Å²) in [5.74, 6) is 2.02. The molecule has 1 fully saturated rings. The van der Waals surface area contributed by atoms with E-state index in [4.69, 9.17) is 14.2 Å². The maximum Gasteiger partial charge on any atom is 0.231 e. The number of carbonyl (C=O) groups is 1. The van der Waals surface area contributed by atoms with Crippen molar-refractivity contribution in [2.24, 2.45) is 0 Å². The zero-order valence-electron chi connectivity index (χ0n) is 16.9. The van der Waals surface area contributed by atoms with Crippen molar-refractivity contribution in [3.8, 4) is 23.0 Å². The number of phenols is 1. The molecule has 7 heteroatoms. The Hall–Kier alpha value is -3.03. The summed E-state index contributed by atoms with van der Waals surface area (Å²) in [6, 6.07) is 8.70. The number of phenolic OH excluding ortho intramolecular Hbond substituents is 1. The molecule has 0 aromatic heterocycles. The van der Waals surface area contributed by atoms with E-state index in [2.05, 4.69) is 16.7 Å². The lowest BCUT2D eigenvalue weighted by Crippen LogP contribution is -2.45. The van der Waals surface area contributed by atoms with Gasteiger partial charge in [-0.15, -0.1) is 0 Å². The third-order valence-corrected chi connectivity index (χ3v) is 5.90. The van der Waals surface area contributed by atoms with Crippen LogP contribution in [0.2, 0.25) is 0 Å². The van der Waals surface area contributed by atoms with Crippen LogP contribution < -0.4 is 14.2 Å². The lowest BCUT2D eigenvalue weighted by atomic mass is 10.0. The number of nitrogens with zero attached hydrogens (tertiary/aromatic N) is 2. The van der Waals surface area contributed by atoms with Crippen LogP contribution in [0.15, 0.2) is 36.1 Å². The fourth-order valence-corrected chi connectivity index (χ4v) is 4.09. The highest BCUT2D eigenvalue weighted by atomic mass is 16.7. The average molecular weight is 408 g/mol. The van der Waals surface area contributed by atoms with Gasteiger partial charge < -0.3 is 24.2 Å². The van der Waals surface area contributed by atoms with E-state index in [0.29, 0.717) is 34.9 Å². The minimum Gasteiger partial charge on any atom is -0.507 e. The average Bonchev–Trinajstić information content (AvgIpc) is 3.35. The number of allylic oxidation sites excluding steroid dienone is 1. The second kappa shape index (κ2) is 7.66. The zero-order valence-corrected chi connectivity index (χ0v) is 16.9. The number of ketones is 1. The van der Waals surface area contributed by atoms with Crippen LogP contribution in [0.25, 0.3) is 6.08 Å². The van der Waals surface area contributed by atoms with Crippen LogP contribution in [0, 0.1) is 0 Å². The highest BCUT2D eigenvalue weighted by Gasteiger charge is 2.32. The number of fused-ring (bicyclic) bond motifs is 2. The molecule has 2 aromatic carbocycles. The first-order chi connectivity index (χ1) is 14.6. The van der Waals surface area contributed by atoms with E-state index >= 15 is 0 Å². The second-order valence-corrected chi connectivity index (χ2v) is 7.70. The molecular weight excluding hydrogens is 384 g/mol. The van der Waals surface area contributed by atoms with E-state index in [1.807, 2.05) is 18.2 Å². The smallest absolute Gasteiger partial charge is 0.231 e. The Morgan fingerprint density at radius 3 is 2.60 bits per heavy atom. The van der Waals surface area contributed by atoms with Gasteiger partial charge in [-0.05, 0) is 42.4 Å². The number of hydrogen-bond acceptors (Lipinski definition) is 7. The molecule has 3 aliphatic heterocycles. The lowest BCUT2D eigenvalue weighted by molar-refractivity contribution is 0.101. The van der Waals surface area contributed by atoms with Crippen LogP contribution in [0.1, 0.15) is 28.4 Å². The number of Topliss-reactive ketones (excluding diaryl/α,β-unsaturated/α-hetero) is 1. The molecule has 5 rings (SSSR count). The highest BCUT2D eigenvalue weighted by Crippen LogP contribution is 2.41. The van der Waals surface area contributed by atoms with Gasteiger partial charge in [0.1, 0.15) is 11.5 Å². The Morgan fingerprint density at radius 2 is 1.80 bits per heavy atom. The van der Waals surface area contributed by atoms with Gasteiger partial charge in [0, 0.05) is 32.7 Å². The van der Waals surface area contributed by atoms with Gasteiger partial charge in [-0.25, -0.2) is 0 Å². The maximum absolute atomic E-state index is 12.9. The SMILES string of the molecule is CCN1CCN(Cc2c(O)ccc3c2O/C(=C/c2ccc4c(c2)OCO4)C3=O)CC1. The minimum atomic E-state index is -0.181. The van der Waals surface area contributed by atoms with E-state index in [1.54, 1.807) is 18.2 Å². The van der Waals surface area contributed by atoms with Gasteiger partial charge in [0.2, 0.25) is 12.6 Å². The lowest BCUT2D eigenvalue weighted by Gasteiger charge is -2.34. The Balaban J connectivity index is 1.40. The quantitative estimate of drug-likeness (QED) is 0.780. The predicted molar refractivity (Wildman–Crippen MR) is 111 cm³/mol. The first-order valence-electron chi connectivity index (χ1n) is 10.3. The van der Waals surface area contributed by atoms with Crippen molar-refractivity contribution in [1.29, 1.82) is 0 Å². The fourth-order valence-electron chi connectivity index (χ4n) is 4.09. The van der Waals surface area contributed by atoms with Crippen molar-refractivity contribution in [2.45, 2.75) is 13.5 Å². The molecule has 1 N–H and O–H groups in total. The molecule has 3 aliphatic rings. The van der Waals surface area contributed by atoms with Crippen molar-refractivity contribution in [3.63, 3.8) is 0 Å². The monoisotopic (exact) mass is 408 g/mol. The number of aromatic hydroxyl groups is 1. The first-order valence-corrected chi connectivity index (χ1v) is 10.3. The Labute approximate surface area is 175 Å². The van der Waals surface area contributed by atoms with Gasteiger partial charge in [0.15, 0.2) is 17.3 Å². The molecule has 0 amide bonds. The summed E-state index contributed by atoms with van der Waals surface area (Å²) in [7, 11) is 0. The zero-order chi connectivity index (χ0) is 20.7. The van der Waals surface area contributed by atoms with Crippen molar-refractivity contribution < 1.29 is 24.1 Å². The third kappa shape index (κ3) is 3.40. The number of ether oxygens (including phenoxy) is 3. The summed E-state index contributed by atoms with van der Waals surface area (Å²) in [6.45, 7) is 7.81. The van der Waals surface area contributed by atoms with Crippen molar-refractivity contribution >= 4 is 11.9 Å². The number of benzene rings is 2. The van der Waals surface area contributed by atoms with Crippen LogP contribution in [-0.2, 0) is 6.54 Å². The highest BCUT2D eigenvalue weighted by molar-refractivity contribution is 6.15. The molecule has 3 heterocycles. The van der Waals surface area contributed by atoms with Crippen LogP contribution in [0.4, 0.5) is 0 Å². The summed E-state index contributed by atoms with van der Waals surface area (Å²) in [5, 5.41) is 10.5. The Kier molecular flexibility index (Phi) is 4.84. The summed E-state index contributed by atoms with van der Waals surface area (Å²) in [5.41, 5.74) is 1.94. The van der Waals surface area contributed by atoms with Crippen molar-refractivity contribution in [2.75, 3.05) is 39.5 Å². The van der Waals surface area contributed by atoms with E-state index in [1.165, 1.54) is 0 Å². The van der Waals surface area contributed by atoms with Gasteiger partial charge in [-0.3, -0.25) is 9.69 Å². The van der Waals surface area contributed by atoms with Crippen LogP contribution in [0.5, 0.6) is 23.0 Å². The second-order valence-electron chi connectivity index (χ2n) is 7.70. The van der Waals surface area contributed by atoms with Crippen molar-refractivity contribution in [3.05, 3.63) is 52.8 Å². The van der Waals surface area contributed by atoms with Gasteiger partial charge in [-0.2, -0.15) is 0 Å². The standard InChI is InChI=1S/C23H24N2O5/c1-2-24-7-9-25(10-8-24)13-17-18(26)5-4-16-22(27)21(30-23(16)17)12-15-3-6-19-20(11-15)29-14-28-19/h3-6,11-12,26H,2,7-10,13-14H2,1H3/b21-12+. The Morgan fingerprint density at radius 1 is 1.03 bits per heavy atom. The number of rotatable bonds is 4. The number of piperazine rings is 1. The molecule has 0 unspecified atom stereocenters. The van der Waals surface area contributed by atoms with Crippen LogP contribution in [-0.4, -0.2) is 60.2 Å². The largest absolute Gasteiger partial charge is 0.507 e. The molecule has 0 atom stereocenters. The van der Waals surface area contributed by atoms with E-state index in [-0.39, 0.29) is 24.1 Å². The summed E-state index contributed by atoms with van der Waals surface area (Å²) >= 11 is 0. The van der Waals surface area contributed by atoms with E-state index in [0.717, 1.165) is 38.3 Å². The van der Waals surface area contributed by atoms with E-state index < -0.39 is 0 Å². The molecule has 7 nitrogen and oxygen atoms in total. The van der Waals surface area contributed by atoms with Crippen LogP contribution in [0.3, 0.4) is 0 Å². The molecule has 1 saturated heterocycles. The van der Waals surface area contributed by atoms with Crippen molar-refractivity contribution in [1.82, 2.24) is 9.80 Å². The maximum atomic E-state index is 12.9. The number of hydrogen-bond donors (Lipinski definition) is 1. The van der Waals surface area contributed by atoms with E-state index in [9.17, 15) is 9.90 Å². The molecule has 0 spiro atoms. The molecule has 156 valence electrons. The molecule has 30 heavy (non-hydrogen) atoms. The predicted octanol–water partition coefficient (Wildman–Crippen LogP) is 2.87.